The molecule has 0 radical (unpaired) electrons. The van der Waals surface area contributed by atoms with E-state index in [0.29, 0.717) is 5.57 Å². The minimum Gasteiger partial charge on any atom is -0.457 e. The minimum atomic E-state index is -0.207. The maximum atomic E-state index is 12.1. The summed E-state index contributed by atoms with van der Waals surface area (Å²) in [6.45, 7) is 1.88. The van der Waals surface area contributed by atoms with Crippen molar-refractivity contribution in [3.05, 3.63) is 53.9 Å². The fourth-order valence-corrected chi connectivity index (χ4v) is 2.05. The number of aliphatic hydroxyl groups excluding tert-OH is 1. The van der Waals surface area contributed by atoms with E-state index in [4.69, 9.17) is 0 Å². The van der Waals surface area contributed by atoms with Crippen molar-refractivity contribution in [2.45, 2.75) is 6.92 Å². The standard InChI is InChI=1S/C13H10N2O2/c1-9-7-14-12(16)11(13(17)15(14)8-9)10-5-3-2-4-6-10/h2-8H,1H3/p+1. The summed E-state index contributed by atoms with van der Waals surface area (Å²) in [7, 11) is 0. The number of hydrogen-bond donors (Lipinski definition) is 1. The topological polar surface area (TPSA) is 46.1 Å². The second-order valence-corrected chi connectivity index (χ2v) is 4.06. The zero-order valence-corrected chi connectivity index (χ0v) is 9.29. The number of rotatable bonds is 1. The highest BCUT2D eigenvalue weighted by Gasteiger charge is 2.38. The molecule has 2 heterocycles. The number of aromatic nitrogens is 2. The van der Waals surface area contributed by atoms with Gasteiger partial charge in [-0.05, 0) is 17.2 Å². The van der Waals surface area contributed by atoms with Crippen molar-refractivity contribution in [1.29, 1.82) is 0 Å². The average molecular weight is 227 g/mol. The van der Waals surface area contributed by atoms with Crippen LogP contribution in [0.5, 0.6) is 0 Å². The highest BCUT2D eigenvalue weighted by Crippen LogP contribution is 2.23. The number of allylic oxidation sites excluding steroid dienone is 1. The highest BCUT2D eigenvalue weighted by molar-refractivity contribution is 6.25. The van der Waals surface area contributed by atoms with Crippen molar-refractivity contribution in [1.82, 2.24) is 4.68 Å². The van der Waals surface area contributed by atoms with Crippen molar-refractivity contribution in [2.24, 2.45) is 0 Å². The van der Waals surface area contributed by atoms with Crippen LogP contribution in [0.2, 0.25) is 0 Å². The van der Waals surface area contributed by atoms with Gasteiger partial charge in [-0.25, -0.2) is 0 Å². The molecule has 1 aromatic heterocycles. The Morgan fingerprint density at radius 1 is 1.24 bits per heavy atom. The van der Waals surface area contributed by atoms with Gasteiger partial charge in [0.2, 0.25) is 6.20 Å². The molecule has 0 saturated heterocycles. The number of aryl methyl sites for hydroxylation is 1. The molecule has 4 heteroatoms. The van der Waals surface area contributed by atoms with Crippen LogP contribution in [0.15, 0.2) is 42.7 Å². The number of benzene rings is 1. The van der Waals surface area contributed by atoms with E-state index in [0.717, 1.165) is 11.1 Å². The Labute approximate surface area is 98.0 Å². The van der Waals surface area contributed by atoms with E-state index in [1.54, 1.807) is 12.4 Å². The van der Waals surface area contributed by atoms with Crippen molar-refractivity contribution in [3.8, 4) is 0 Å². The van der Waals surface area contributed by atoms with E-state index in [1.165, 1.54) is 9.36 Å². The summed E-state index contributed by atoms with van der Waals surface area (Å²) in [5.41, 5.74) is 1.99. The molecular weight excluding hydrogens is 216 g/mol. The summed E-state index contributed by atoms with van der Waals surface area (Å²) in [5, 5.41) is 10.1. The minimum absolute atomic E-state index is 0.0192. The lowest BCUT2D eigenvalue weighted by atomic mass is 10.1. The van der Waals surface area contributed by atoms with Gasteiger partial charge >= 0.3 is 11.8 Å². The fraction of sp³-hybridized carbons (Fsp3) is 0.0769. The van der Waals surface area contributed by atoms with Gasteiger partial charge in [0.15, 0.2) is 5.57 Å². The molecule has 0 spiro atoms. The molecule has 0 atom stereocenters. The first-order chi connectivity index (χ1) is 8.18. The molecule has 1 aromatic carbocycles. The first-order valence-electron chi connectivity index (χ1n) is 5.33. The number of hydrogen-bond acceptors (Lipinski definition) is 2. The van der Waals surface area contributed by atoms with Gasteiger partial charge in [0.25, 0.3) is 0 Å². The Balaban J connectivity index is 2.21. The van der Waals surface area contributed by atoms with E-state index in [2.05, 4.69) is 0 Å². The van der Waals surface area contributed by atoms with Crippen LogP contribution in [0.4, 0.5) is 0 Å². The lowest BCUT2D eigenvalue weighted by molar-refractivity contribution is -0.669. The van der Waals surface area contributed by atoms with Crippen LogP contribution in [0.25, 0.3) is 11.5 Å². The summed E-state index contributed by atoms with van der Waals surface area (Å²) in [4.78, 5) is 12.1. The van der Waals surface area contributed by atoms with Crippen LogP contribution in [-0.2, 0) is 0 Å². The van der Waals surface area contributed by atoms with Gasteiger partial charge in [-0.3, -0.25) is 4.79 Å². The lowest BCUT2D eigenvalue weighted by Gasteiger charge is -1.95. The van der Waals surface area contributed by atoms with Crippen molar-refractivity contribution in [2.75, 3.05) is 0 Å². The first-order valence-corrected chi connectivity index (χ1v) is 5.33. The van der Waals surface area contributed by atoms with E-state index < -0.39 is 0 Å². The molecular formula is C13H11N2O2+. The molecule has 0 saturated carbocycles. The van der Waals surface area contributed by atoms with Crippen LogP contribution in [-0.4, -0.2) is 15.7 Å². The largest absolute Gasteiger partial charge is 0.457 e. The molecule has 17 heavy (non-hydrogen) atoms. The van der Waals surface area contributed by atoms with Crippen molar-refractivity contribution >= 4 is 17.4 Å². The molecule has 1 aliphatic heterocycles. The molecule has 1 aliphatic rings. The van der Waals surface area contributed by atoms with Crippen LogP contribution in [0.3, 0.4) is 0 Å². The summed E-state index contributed by atoms with van der Waals surface area (Å²) >= 11 is 0. The molecule has 0 fully saturated rings. The molecule has 0 unspecified atom stereocenters. The summed E-state index contributed by atoms with van der Waals surface area (Å²) < 4.78 is 2.87. The van der Waals surface area contributed by atoms with Crippen LogP contribution < -0.4 is 4.68 Å². The highest BCUT2D eigenvalue weighted by atomic mass is 16.3. The predicted octanol–water partition coefficient (Wildman–Crippen LogP) is 1.62. The molecule has 1 N–H and O–H groups in total. The molecule has 0 amide bonds. The van der Waals surface area contributed by atoms with Gasteiger partial charge in [0, 0.05) is 5.56 Å². The quantitative estimate of drug-likeness (QED) is 0.752. The SMILES string of the molecule is Cc1cn2[n+](c1)C(O)=C(c1ccccc1)C2=O. The summed E-state index contributed by atoms with van der Waals surface area (Å²) in [6.07, 6.45) is 3.43. The Bertz CT molecular complexity index is 639. The van der Waals surface area contributed by atoms with Crippen LogP contribution in [0.1, 0.15) is 15.9 Å². The lowest BCUT2D eigenvalue weighted by Crippen LogP contribution is -2.38. The Hall–Kier alpha value is -2.36. The maximum Gasteiger partial charge on any atom is 0.409 e. The van der Waals surface area contributed by atoms with E-state index in [-0.39, 0.29) is 11.8 Å². The predicted molar refractivity (Wildman–Crippen MR) is 62.2 cm³/mol. The third-order valence-electron chi connectivity index (χ3n) is 2.81. The first kappa shape index (κ1) is 9.84. The fourth-order valence-electron chi connectivity index (χ4n) is 2.05. The molecule has 3 rings (SSSR count). The van der Waals surface area contributed by atoms with Gasteiger partial charge in [-0.15, -0.1) is 0 Å². The van der Waals surface area contributed by atoms with E-state index in [9.17, 15) is 9.90 Å². The monoisotopic (exact) mass is 227 g/mol. The van der Waals surface area contributed by atoms with Crippen LogP contribution in [0, 0.1) is 6.92 Å². The van der Waals surface area contributed by atoms with Gasteiger partial charge in [0.05, 0.1) is 6.20 Å². The normalized spacial score (nSPS) is 14.3. The molecule has 4 nitrogen and oxygen atoms in total. The third kappa shape index (κ3) is 1.30. The van der Waals surface area contributed by atoms with Gasteiger partial charge in [-0.2, -0.15) is 0 Å². The van der Waals surface area contributed by atoms with Gasteiger partial charge in [0.1, 0.15) is 0 Å². The zero-order valence-electron chi connectivity index (χ0n) is 9.29. The van der Waals surface area contributed by atoms with E-state index in [1.807, 2.05) is 37.3 Å². The number of nitrogens with zero attached hydrogens (tertiary/aromatic N) is 2. The smallest absolute Gasteiger partial charge is 0.409 e. The Morgan fingerprint density at radius 2 is 1.94 bits per heavy atom. The summed E-state index contributed by atoms with van der Waals surface area (Å²) in [5.74, 6) is -0.226. The molecule has 0 aliphatic carbocycles. The molecule has 0 bridgehead atoms. The van der Waals surface area contributed by atoms with Gasteiger partial charge in [-0.1, -0.05) is 35.0 Å². The zero-order chi connectivity index (χ0) is 12.0. The Kier molecular flexibility index (Phi) is 1.92. The number of carbonyl (C=O) groups is 1. The number of fused-ring (bicyclic) bond motifs is 1. The second kappa shape index (κ2) is 3.31. The third-order valence-corrected chi connectivity index (χ3v) is 2.81. The second-order valence-electron chi connectivity index (χ2n) is 4.06. The van der Waals surface area contributed by atoms with Crippen molar-refractivity contribution < 1.29 is 14.6 Å². The average Bonchev–Trinajstić information content (AvgIpc) is 2.81. The molecule has 84 valence electrons. The molecule has 2 aromatic rings. The van der Waals surface area contributed by atoms with E-state index >= 15 is 0 Å². The van der Waals surface area contributed by atoms with Crippen LogP contribution >= 0.6 is 0 Å². The number of aliphatic hydroxyl groups is 1. The summed E-state index contributed by atoms with van der Waals surface area (Å²) in [6, 6.07) is 9.17. The number of carbonyl (C=O) groups excluding carboxylic acids is 1. The van der Waals surface area contributed by atoms with Gasteiger partial charge < -0.3 is 5.11 Å². The Morgan fingerprint density at radius 3 is 2.59 bits per heavy atom. The maximum absolute atomic E-state index is 12.1. The van der Waals surface area contributed by atoms with Crippen molar-refractivity contribution in [3.63, 3.8) is 0 Å².